The molecule has 1 unspecified atom stereocenters. The monoisotopic (exact) mass is 243 g/mol. The maximum atomic E-state index is 5.45. The van der Waals surface area contributed by atoms with Crippen molar-refractivity contribution < 1.29 is 4.42 Å². The Kier molecular flexibility index (Phi) is 4.59. The molecule has 0 bridgehead atoms. The zero-order chi connectivity index (χ0) is 12.8. The Morgan fingerprint density at radius 3 is 2.50 bits per heavy atom. The fraction of sp³-hybridized carbons (Fsp3) is 0.375. The first-order valence-electron chi connectivity index (χ1n) is 6.65. The molecule has 0 aliphatic carbocycles. The Morgan fingerprint density at radius 2 is 1.89 bits per heavy atom. The molecule has 0 fully saturated rings. The van der Waals surface area contributed by atoms with Crippen molar-refractivity contribution >= 4 is 0 Å². The lowest BCUT2D eigenvalue weighted by atomic mass is 10.0. The fourth-order valence-electron chi connectivity index (χ4n) is 2.24. The van der Waals surface area contributed by atoms with Crippen LogP contribution in [0.1, 0.15) is 50.1 Å². The first-order chi connectivity index (χ1) is 8.81. The van der Waals surface area contributed by atoms with Gasteiger partial charge in [-0.15, -0.1) is 0 Å². The van der Waals surface area contributed by atoms with E-state index in [0.717, 1.165) is 18.6 Å². The molecule has 2 atom stereocenters. The summed E-state index contributed by atoms with van der Waals surface area (Å²) in [4.78, 5) is 0. The van der Waals surface area contributed by atoms with E-state index in [1.807, 2.05) is 12.1 Å². The van der Waals surface area contributed by atoms with Crippen molar-refractivity contribution in [1.82, 2.24) is 5.32 Å². The number of furan rings is 1. The number of benzene rings is 1. The van der Waals surface area contributed by atoms with Crippen molar-refractivity contribution in [3.05, 3.63) is 60.1 Å². The molecule has 2 heteroatoms. The second-order valence-electron chi connectivity index (χ2n) is 4.66. The zero-order valence-corrected chi connectivity index (χ0v) is 11.1. The van der Waals surface area contributed by atoms with E-state index in [4.69, 9.17) is 4.42 Å². The van der Waals surface area contributed by atoms with Gasteiger partial charge in [-0.2, -0.15) is 0 Å². The molecule has 1 aromatic heterocycles. The fourth-order valence-corrected chi connectivity index (χ4v) is 2.24. The summed E-state index contributed by atoms with van der Waals surface area (Å²) in [5.74, 6) is 0.993. The van der Waals surface area contributed by atoms with Crippen molar-refractivity contribution in [2.45, 2.75) is 38.8 Å². The molecule has 1 heterocycles. The molecular weight excluding hydrogens is 222 g/mol. The van der Waals surface area contributed by atoms with Crippen molar-refractivity contribution in [2.75, 3.05) is 0 Å². The standard InChI is InChI=1S/C16H21NO/c1-3-8-15(14-9-5-4-6-10-14)17-13(2)16-11-7-12-18-16/h4-7,9-13,15,17H,3,8H2,1-2H3/t13-,15?/m1/s1. The second-order valence-corrected chi connectivity index (χ2v) is 4.66. The summed E-state index contributed by atoms with van der Waals surface area (Å²) in [5.41, 5.74) is 1.35. The van der Waals surface area contributed by atoms with Crippen LogP contribution < -0.4 is 5.32 Å². The predicted molar refractivity (Wildman–Crippen MR) is 74.3 cm³/mol. The molecule has 2 nitrogen and oxygen atoms in total. The normalized spacial score (nSPS) is 14.3. The van der Waals surface area contributed by atoms with Gasteiger partial charge in [-0.3, -0.25) is 0 Å². The minimum atomic E-state index is 0.233. The highest BCUT2D eigenvalue weighted by Gasteiger charge is 2.15. The molecule has 0 radical (unpaired) electrons. The molecule has 0 saturated heterocycles. The predicted octanol–water partition coefficient (Wildman–Crippen LogP) is 4.47. The highest BCUT2D eigenvalue weighted by molar-refractivity contribution is 5.19. The Labute approximate surface area is 109 Å². The van der Waals surface area contributed by atoms with Crippen LogP contribution >= 0.6 is 0 Å². The van der Waals surface area contributed by atoms with Crippen LogP contribution in [0.5, 0.6) is 0 Å². The van der Waals surface area contributed by atoms with E-state index in [0.29, 0.717) is 6.04 Å². The van der Waals surface area contributed by atoms with E-state index in [9.17, 15) is 0 Å². The summed E-state index contributed by atoms with van der Waals surface area (Å²) in [6.07, 6.45) is 4.03. The average molecular weight is 243 g/mol. The zero-order valence-electron chi connectivity index (χ0n) is 11.1. The molecule has 18 heavy (non-hydrogen) atoms. The maximum Gasteiger partial charge on any atom is 0.120 e. The number of rotatable bonds is 6. The molecule has 0 spiro atoms. The highest BCUT2D eigenvalue weighted by Crippen LogP contribution is 2.23. The van der Waals surface area contributed by atoms with E-state index >= 15 is 0 Å². The summed E-state index contributed by atoms with van der Waals surface area (Å²) in [6.45, 7) is 4.36. The SMILES string of the molecule is CCCC(N[C@H](C)c1ccco1)c1ccccc1. The number of nitrogens with one attached hydrogen (secondary N) is 1. The van der Waals surface area contributed by atoms with Gasteiger partial charge in [0.15, 0.2) is 0 Å². The van der Waals surface area contributed by atoms with Crippen LogP contribution in [0.4, 0.5) is 0 Å². The Balaban J connectivity index is 2.07. The van der Waals surface area contributed by atoms with Crippen molar-refractivity contribution in [3.8, 4) is 0 Å². The summed E-state index contributed by atoms with van der Waals surface area (Å²) in [7, 11) is 0. The van der Waals surface area contributed by atoms with Crippen LogP contribution in [0.25, 0.3) is 0 Å². The molecule has 96 valence electrons. The number of hydrogen-bond donors (Lipinski definition) is 1. The van der Waals surface area contributed by atoms with Crippen molar-refractivity contribution in [2.24, 2.45) is 0 Å². The van der Waals surface area contributed by atoms with Gasteiger partial charge in [0, 0.05) is 6.04 Å². The van der Waals surface area contributed by atoms with Gasteiger partial charge in [-0.25, -0.2) is 0 Å². The summed E-state index contributed by atoms with van der Waals surface area (Å²) < 4.78 is 5.45. The summed E-state index contributed by atoms with van der Waals surface area (Å²) in [5, 5.41) is 3.64. The lowest BCUT2D eigenvalue weighted by Gasteiger charge is -2.22. The third-order valence-electron chi connectivity index (χ3n) is 3.20. The van der Waals surface area contributed by atoms with Crippen LogP contribution in [-0.2, 0) is 0 Å². The molecule has 0 aliphatic heterocycles. The first kappa shape index (κ1) is 12.9. The van der Waals surface area contributed by atoms with Gasteiger partial charge in [0.05, 0.1) is 12.3 Å². The minimum Gasteiger partial charge on any atom is -0.468 e. The minimum absolute atomic E-state index is 0.233. The van der Waals surface area contributed by atoms with E-state index < -0.39 is 0 Å². The van der Waals surface area contributed by atoms with E-state index in [-0.39, 0.29) is 6.04 Å². The van der Waals surface area contributed by atoms with Crippen LogP contribution in [0.2, 0.25) is 0 Å². The third kappa shape index (κ3) is 3.23. The van der Waals surface area contributed by atoms with Crippen LogP contribution in [0, 0.1) is 0 Å². The topological polar surface area (TPSA) is 25.2 Å². The van der Waals surface area contributed by atoms with Gasteiger partial charge in [-0.1, -0.05) is 43.7 Å². The molecule has 1 aromatic carbocycles. The quantitative estimate of drug-likeness (QED) is 0.809. The third-order valence-corrected chi connectivity index (χ3v) is 3.20. The molecule has 0 amide bonds. The van der Waals surface area contributed by atoms with Gasteiger partial charge in [0.25, 0.3) is 0 Å². The summed E-state index contributed by atoms with van der Waals surface area (Å²) in [6, 6.07) is 15.2. The molecule has 0 saturated carbocycles. The maximum absolute atomic E-state index is 5.45. The molecule has 1 N–H and O–H groups in total. The van der Waals surface area contributed by atoms with Crippen molar-refractivity contribution in [1.29, 1.82) is 0 Å². The van der Waals surface area contributed by atoms with Crippen LogP contribution in [0.3, 0.4) is 0 Å². The van der Waals surface area contributed by atoms with Gasteiger partial charge < -0.3 is 9.73 Å². The van der Waals surface area contributed by atoms with Gasteiger partial charge in [-0.05, 0) is 31.0 Å². The highest BCUT2D eigenvalue weighted by atomic mass is 16.3. The van der Waals surface area contributed by atoms with Gasteiger partial charge >= 0.3 is 0 Å². The molecule has 2 aromatic rings. The van der Waals surface area contributed by atoms with Crippen LogP contribution in [0.15, 0.2) is 53.1 Å². The largest absolute Gasteiger partial charge is 0.468 e. The average Bonchev–Trinajstić information content (AvgIpc) is 2.93. The van der Waals surface area contributed by atoms with E-state index in [1.165, 1.54) is 5.56 Å². The van der Waals surface area contributed by atoms with E-state index in [2.05, 4.69) is 49.5 Å². The lowest BCUT2D eigenvalue weighted by Crippen LogP contribution is -2.24. The molecule has 0 aliphatic rings. The van der Waals surface area contributed by atoms with Crippen LogP contribution in [-0.4, -0.2) is 0 Å². The van der Waals surface area contributed by atoms with Crippen molar-refractivity contribution in [3.63, 3.8) is 0 Å². The Morgan fingerprint density at radius 1 is 1.11 bits per heavy atom. The van der Waals surface area contributed by atoms with Gasteiger partial charge in [0.1, 0.15) is 5.76 Å². The second kappa shape index (κ2) is 6.41. The first-order valence-corrected chi connectivity index (χ1v) is 6.65. The molecule has 2 rings (SSSR count). The smallest absolute Gasteiger partial charge is 0.120 e. The van der Waals surface area contributed by atoms with Gasteiger partial charge in [0.2, 0.25) is 0 Å². The molecular formula is C16H21NO. The summed E-state index contributed by atoms with van der Waals surface area (Å²) >= 11 is 0. The van der Waals surface area contributed by atoms with E-state index in [1.54, 1.807) is 6.26 Å². The Hall–Kier alpha value is -1.54. The number of hydrogen-bond acceptors (Lipinski definition) is 2. The Bertz CT molecular complexity index is 435. The lowest BCUT2D eigenvalue weighted by molar-refractivity contribution is 0.379.